The lowest BCUT2D eigenvalue weighted by Gasteiger charge is -2.26. The Hall–Kier alpha value is -4.26. The molecule has 1 N–H and O–H groups in total. The van der Waals surface area contributed by atoms with Crippen LogP contribution in [0.25, 0.3) is 5.76 Å². The molecule has 1 heterocycles. The first-order valence-electron chi connectivity index (χ1n) is 12.5. The SMILES string of the molecule is COc1ccc(CN2C(=O)C(=O)/C(=C(/O)c3cc(C)c(OC)cc3C)C2c2cccc(OC(C)C)c2)cc1. The van der Waals surface area contributed by atoms with Crippen LogP contribution in [-0.4, -0.2) is 42.0 Å². The van der Waals surface area contributed by atoms with Gasteiger partial charge in [0.1, 0.15) is 23.0 Å². The molecule has 1 saturated heterocycles. The van der Waals surface area contributed by atoms with Gasteiger partial charge in [0, 0.05) is 12.1 Å². The summed E-state index contributed by atoms with van der Waals surface area (Å²) in [7, 11) is 3.17. The number of methoxy groups -OCH3 is 2. The molecule has 1 fully saturated rings. The highest BCUT2D eigenvalue weighted by atomic mass is 16.5. The Morgan fingerprint density at radius 3 is 2.26 bits per heavy atom. The number of carbonyl (C=O) groups excluding carboxylic acids is 2. The Labute approximate surface area is 223 Å². The summed E-state index contributed by atoms with van der Waals surface area (Å²) in [4.78, 5) is 28.4. The molecule has 1 aliphatic rings. The second kappa shape index (κ2) is 11.0. The van der Waals surface area contributed by atoms with Crippen molar-refractivity contribution in [3.63, 3.8) is 0 Å². The molecule has 1 aliphatic heterocycles. The van der Waals surface area contributed by atoms with Crippen molar-refractivity contribution in [2.45, 2.75) is 46.4 Å². The third-order valence-electron chi connectivity index (χ3n) is 6.59. The van der Waals surface area contributed by atoms with Crippen LogP contribution < -0.4 is 14.2 Å². The Kier molecular flexibility index (Phi) is 7.76. The minimum atomic E-state index is -0.811. The zero-order chi connectivity index (χ0) is 27.6. The number of amides is 1. The van der Waals surface area contributed by atoms with Gasteiger partial charge in [-0.25, -0.2) is 0 Å². The van der Waals surface area contributed by atoms with Crippen molar-refractivity contribution in [1.29, 1.82) is 0 Å². The quantitative estimate of drug-likeness (QED) is 0.234. The van der Waals surface area contributed by atoms with Crippen LogP contribution in [0.5, 0.6) is 17.2 Å². The maximum Gasteiger partial charge on any atom is 0.295 e. The van der Waals surface area contributed by atoms with Gasteiger partial charge in [-0.3, -0.25) is 9.59 Å². The second-order valence-corrected chi connectivity index (χ2v) is 9.65. The Balaban J connectivity index is 1.88. The van der Waals surface area contributed by atoms with Crippen LogP contribution >= 0.6 is 0 Å². The van der Waals surface area contributed by atoms with E-state index in [2.05, 4.69) is 0 Å². The summed E-state index contributed by atoms with van der Waals surface area (Å²) < 4.78 is 16.6. The Morgan fingerprint density at radius 2 is 1.63 bits per heavy atom. The predicted molar refractivity (Wildman–Crippen MR) is 146 cm³/mol. The summed E-state index contributed by atoms with van der Waals surface area (Å²) in [5.74, 6) is 0.354. The molecule has 0 saturated carbocycles. The minimum Gasteiger partial charge on any atom is -0.507 e. The first kappa shape index (κ1) is 26.8. The van der Waals surface area contributed by atoms with Gasteiger partial charge in [-0.1, -0.05) is 24.3 Å². The summed E-state index contributed by atoms with van der Waals surface area (Å²) in [5.41, 5.74) is 3.53. The van der Waals surface area contributed by atoms with Crippen molar-refractivity contribution in [2.24, 2.45) is 0 Å². The number of likely N-dealkylation sites (tertiary alicyclic amines) is 1. The van der Waals surface area contributed by atoms with Crippen molar-refractivity contribution in [3.8, 4) is 17.2 Å². The number of aliphatic hydroxyl groups excluding tert-OH is 1. The van der Waals surface area contributed by atoms with E-state index in [0.717, 1.165) is 16.7 Å². The van der Waals surface area contributed by atoms with E-state index >= 15 is 0 Å². The average Bonchev–Trinajstić information content (AvgIpc) is 3.14. The second-order valence-electron chi connectivity index (χ2n) is 9.65. The number of ether oxygens (including phenoxy) is 3. The maximum atomic E-state index is 13.5. The molecule has 1 amide bonds. The lowest BCUT2D eigenvalue weighted by molar-refractivity contribution is -0.140. The van der Waals surface area contributed by atoms with Gasteiger partial charge in [0.05, 0.1) is 31.9 Å². The molecule has 0 aliphatic carbocycles. The van der Waals surface area contributed by atoms with Crippen LogP contribution in [-0.2, 0) is 16.1 Å². The number of hydrogen-bond acceptors (Lipinski definition) is 6. The normalized spacial score (nSPS) is 16.7. The summed E-state index contributed by atoms with van der Waals surface area (Å²) in [6.07, 6.45) is -0.0548. The fourth-order valence-electron chi connectivity index (χ4n) is 4.76. The molecular formula is C31H33NO6. The van der Waals surface area contributed by atoms with Gasteiger partial charge in [0.2, 0.25) is 0 Å². The average molecular weight is 516 g/mol. The lowest BCUT2D eigenvalue weighted by Crippen LogP contribution is -2.29. The number of aryl methyl sites for hydroxylation is 2. The van der Waals surface area contributed by atoms with Gasteiger partial charge in [0.15, 0.2) is 0 Å². The number of benzene rings is 3. The first-order chi connectivity index (χ1) is 18.1. The van der Waals surface area contributed by atoms with Crippen LogP contribution in [0.3, 0.4) is 0 Å². The summed E-state index contributed by atoms with van der Waals surface area (Å²) in [5, 5.41) is 11.6. The zero-order valence-electron chi connectivity index (χ0n) is 22.6. The molecule has 3 aromatic rings. The van der Waals surface area contributed by atoms with Gasteiger partial charge in [-0.15, -0.1) is 0 Å². The largest absolute Gasteiger partial charge is 0.507 e. The van der Waals surface area contributed by atoms with Gasteiger partial charge in [0.25, 0.3) is 11.7 Å². The van der Waals surface area contributed by atoms with E-state index in [9.17, 15) is 14.7 Å². The Morgan fingerprint density at radius 1 is 0.921 bits per heavy atom. The van der Waals surface area contributed by atoms with E-state index in [1.807, 2.05) is 82.3 Å². The molecule has 0 bridgehead atoms. The van der Waals surface area contributed by atoms with E-state index in [1.165, 1.54) is 4.90 Å². The molecule has 0 aromatic heterocycles. The molecule has 1 unspecified atom stereocenters. The zero-order valence-corrected chi connectivity index (χ0v) is 22.6. The number of rotatable bonds is 8. The fraction of sp³-hybridized carbons (Fsp3) is 0.290. The molecule has 0 radical (unpaired) electrons. The van der Waals surface area contributed by atoms with Crippen molar-refractivity contribution >= 4 is 17.4 Å². The van der Waals surface area contributed by atoms with E-state index in [0.29, 0.717) is 28.4 Å². The highest BCUT2D eigenvalue weighted by Gasteiger charge is 2.46. The van der Waals surface area contributed by atoms with E-state index < -0.39 is 17.7 Å². The molecular weight excluding hydrogens is 482 g/mol. The minimum absolute atomic E-state index is 0.0397. The molecule has 7 heteroatoms. The molecule has 0 spiro atoms. The van der Waals surface area contributed by atoms with Crippen molar-refractivity contribution in [1.82, 2.24) is 4.90 Å². The van der Waals surface area contributed by atoms with Crippen LogP contribution in [0, 0.1) is 13.8 Å². The standard InChI is InChI=1S/C31H33NO6/c1-18(2)38-24-9-7-8-22(16-24)28-27(29(33)25-14-20(4)26(37-6)15-19(25)3)30(34)31(35)32(28)17-21-10-12-23(36-5)13-11-21/h7-16,18,28,33H,17H2,1-6H3/b29-27+. The number of aliphatic hydroxyl groups is 1. The lowest BCUT2D eigenvalue weighted by atomic mass is 9.93. The summed E-state index contributed by atoms with van der Waals surface area (Å²) in [6.45, 7) is 7.72. The summed E-state index contributed by atoms with van der Waals surface area (Å²) in [6, 6.07) is 17.4. The van der Waals surface area contributed by atoms with Gasteiger partial charge in [-0.2, -0.15) is 0 Å². The van der Waals surface area contributed by atoms with Crippen molar-refractivity contribution in [3.05, 3.63) is 94.1 Å². The van der Waals surface area contributed by atoms with Crippen molar-refractivity contribution < 1.29 is 28.9 Å². The first-order valence-corrected chi connectivity index (χ1v) is 12.5. The summed E-state index contributed by atoms with van der Waals surface area (Å²) >= 11 is 0. The number of nitrogens with zero attached hydrogens (tertiary/aromatic N) is 1. The Bertz CT molecular complexity index is 1390. The molecule has 1 atom stereocenters. The smallest absolute Gasteiger partial charge is 0.295 e. The number of hydrogen-bond donors (Lipinski definition) is 1. The van der Waals surface area contributed by atoms with Crippen LogP contribution in [0.2, 0.25) is 0 Å². The van der Waals surface area contributed by atoms with Crippen LogP contribution in [0.15, 0.2) is 66.2 Å². The molecule has 38 heavy (non-hydrogen) atoms. The van der Waals surface area contributed by atoms with Crippen LogP contribution in [0.4, 0.5) is 0 Å². The van der Waals surface area contributed by atoms with Gasteiger partial charge < -0.3 is 24.2 Å². The maximum absolute atomic E-state index is 13.5. The van der Waals surface area contributed by atoms with E-state index in [-0.39, 0.29) is 24.0 Å². The third-order valence-corrected chi connectivity index (χ3v) is 6.59. The number of carbonyl (C=O) groups is 2. The highest BCUT2D eigenvalue weighted by Crippen LogP contribution is 2.42. The van der Waals surface area contributed by atoms with E-state index in [1.54, 1.807) is 20.3 Å². The highest BCUT2D eigenvalue weighted by molar-refractivity contribution is 6.46. The molecule has 198 valence electrons. The van der Waals surface area contributed by atoms with Gasteiger partial charge in [-0.05, 0) is 86.3 Å². The molecule has 4 rings (SSSR count). The van der Waals surface area contributed by atoms with E-state index in [4.69, 9.17) is 14.2 Å². The van der Waals surface area contributed by atoms with Crippen LogP contribution in [0.1, 0.15) is 47.7 Å². The molecule has 7 nitrogen and oxygen atoms in total. The van der Waals surface area contributed by atoms with Gasteiger partial charge >= 0.3 is 0 Å². The predicted octanol–water partition coefficient (Wildman–Crippen LogP) is 5.73. The number of Topliss-reactive ketones (excluding diaryl/α,β-unsaturated/α-hetero) is 1. The number of ketones is 1. The monoisotopic (exact) mass is 515 g/mol. The third kappa shape index (κ3) is 5.23. The molecule has 3 aromatic carbocycles. The fourth-order valence-corrected chi connectivity index (χ4v) is 4.76. The van der Waals surface area contributed by atoms with Crippen molar-refractivity contribution in [2.75, 3.05) is 14.2 Å². The topological polar surface area (TPSA) is 85.3 Å².